The number of aliphatic hydroxyl groups is 1. The maximum Gasteiger partial charge on any atom is 0.200 e. The smallest absolute Gasteiger partial charge is 0.200 e. The van der Waals surface area contributed by atoms with E-state index in [2.05, 4.69) is 5.32 Å². The summed E-state index contributed by atoms with van der Waals surface area (Å²) in [6, 6.07) is 10.3. The highest BCUT2D eigenvalue weighted by Crippen LogP contribution is 2.24. The minimum absolute atomic E-state index is 0.0382. The second-order valence-electron chi connectivity index (χ2n) is 5.21. The first-order valence-electron chi connectivity index (χ1n) is 7.16. The van der Waals surface area contributed by atoms with Crippen LogP contribution in [0.4, 0.5) is 5.69 Å². The van der Waals surface area contributed by atoms with E-state index < -0.39 is 0 Å². The number of aliphatic hydroxyl groups excluding tert-OH is 1. The van der Waals surface area contributed by atoms with Crippen LogP contribution in [0, 0.1) is 0 Å². The summed E-state index contributed by atoms with van der Waals surface area (Å²) in [6.07, 6.45) is 0.788. The molecule has 22 heavy (non-hydrogen) atoms. The normalized spacial score (nSPS) is 12.7. The van der Waals surface area contributed by atoms with Gasteiger partial charge in [-0.2, -0.15) is 0 Å². The van der Waals surface area contributed by atoms with Gasteiger partial charge in [0.2, 0.25) is 5.43 Å². The van der Waals surface area contributed by atoms with E-state index in [1.807, 2.05) is 13.0 Å². The lowest BCUT2D eigenvalue weighted by Crippen LogP contribution is -2.22. The zero-order valence-electron chi connectivity index (χ0n) is 12.1. The molecule has 0 unspecified atom stereocenters. The third kappa shape index (κ3) is 2.67. The van der Waals surface area contributed by atoms with Crippen molar-refractivity contribution in [3.8, 4) is 0 Å². The molecule has 0 saturated heterocycles. The molecular formula is C17H16ClNO3. The Morgan fingerprint density at radius 3 is 2.55 bits per heavy atom. The van der Waals surface area contributed by atoms with Gasteiger partial charge < -0.3 is 14.8 Å². The van der Waals surface area contributed by atoms with E-state index >= 15 is 0 Å². The molecule has 0 saturated carbocycles. The van der Waals surface area contributed by atoms with Crippen molar-refractivity contribution in [3.63, 3.8) is 0 Å². The number of anilines is 1. The Morgan fingerprint density at radius 1 is 1.18 bits per heavy atom. The Labute approximate surface area is 132 Å². The summed E-state index contributed by atoms with van der Waals surface area (Å²) in [5.74, 6) is 0. The van der Waals surface area contributed by atoms with Gasteiger partial charge in [0.05, 0.1) is 17.4 Å². The Hall–Kier alpha value is -2.04. The molecule has 0 spiro atoms. The fourth-order valence-corrected chi connectivity index (χ4v) is 2.60. The molecule has 3 rings (SSSR count). The van der Waals surface area contributed by atoms with Gasteiger partial charge in [-0.25, -0.2) is 0 Å². The van der Waals surface area contributed by atoms with Crippen molar-refractivity contribution in [3.05, 3.63) is 51.6 Å². The van der Waals surface area contributed by atoms with Gasteiger partial charge in [0.25, 0.3) is 0 Å². The standard InChI is InChI=1S/C17H16ClNO3/c1-2-11(9-20)19-12-4-6-16-14(8-12)17(21)13-7-10(18)3-5-15(13)22-16/h3-8,11,19-20H,2,9H2,1H3/t11-/m0/s1. The average molecular weight is 318 g/mol. The Morgan fingerprint density at radius 2 is 1.86 bits per heavy atom. The largest absolute Gasteiger partial charge is 0.456 e. The Kier molecular flexibility index (Phi) is 4.05. The van der Waals surface area contributed by atoms with Gasteiger partial charge in [-0.3, -0.25) is 4.79 Å². The zero-order valence-corrected chi connectivity index (χ0v) is 12.9. The fourth-order valence-electron chi connectivity index (χ4n) is 2.43. The molecule has 0 fully saturated rings. The predicted molar refractivity (Wildman–Crippen MR) is 89.8 cm³/mol. The van der Waals surface area contributed by atoms with Crippen LogP contribution < -0.4 is 10.7 Å². The molecule has 0 radical (unpaired) electrons. The number of hydrogen-bond acceptors (Lipinski definition) is 4. The van der Waals surface area contributed by atoms with Crippen LogP contribution in [0.5, 0.6) is 0 Å². The highest BCUT2D eigenvalue weighted by Gasteiger charge is 2.10. The second-order valence-corrected chi connectivity index (χ2v) is 5.65. The molecule has 114 valence electrons. The van der Waals surface area contributed by atoms with E-state index in [1.54, 1.807) is 30.3 Å². The number of hydrogen-bond donors (Lipinski definition) is 2. The molecule has 0 bridgehead atoms. The van der Waals surface area contributed by atoms with Gasteiger partial charge in [-0.05, 0) is 42.8 Å². The van der Waals surface area contributed by atoms with Crippen LogP contribution in [0.2, 0.25) is 5.02 Å². The number of nitrogens with one attached hydrogen (secondary N) is 1. The summed E-state index contributed by atoms with van der Waals surface area (Å²) in [6.45, 7) is 2.02. The first-order valence-corrected chi connectivity index (χ1v) is 7.53. The quantitative estimate of drug-likeness (QED) is 0.719. The molecule has 1 aromatic heterocycles. The van der Waals surface area contributed by atoms with Crippen LogP contribution in [0.25, 0.3) is 21.9 Å². The number of rotatable bonds is 4. The van der Waals surface area contributed by atoms with Gasteiger partial charge >= 0.3 is 0 Å². The summed E-state index contributed by atoms with van der Waals surface area (Å²) in [5.41, 5.74) is 1.72. The van der Waals surface area contributed by atoms with Crippen molar-refractivity contribution < 1.29 is 9.52 Å². The lowest BCUT2D eigenvalue weighted by molar-refractivity contribution is 0.272. The highest BCUT2D eigenvalue weighted by molar-refractivity contribution is 6.31. The summed E-state index contributed by atoms with van der Waals surface area (Å²) >= 11 is 5.96. The Bertz CT molecular complexity index is 884. The lowest BCUT2D eigenvalue weighted by Gasteiger charge is -2.15. The summed E-state index contributed by atoms with van der Waals surface area (Å²) in [5, 5.41) is 13.9. The zero-order chi connectivity index (χ0) is 15.7. The highest BCUT2D eigenvalue weighted by atomic mass is 35.5. The van der Waals surface area contributed by atoms with Crippen molar-refractivity contribution in [2.45, 2.75) is 19.4 Å². The average Bonchev–Trinajstić information content (AvgIpc) is 2.54. The van der Waals surface area contributed by atoms with Crippen LogP contribution in [0.3, 0.4) is 0 Å². The monoisotopic (exact) mass is 317 g/mol. The predicted octanol–water partition coefficient (Wildman–Crippen LogP) is 3.78. The summed E-state index contributed by atoms with van der Waals surface area (Å²) < 4.78 is 5.76. The van der Waals surface area contributed by atoms with Crippen LogP contribution in [-0.2, 0) is 0 Å². The third-order valence-electron chi connectivity index (χ3n) is 3.71. The minimum Gasteiger partial charge on any atom is -0.456 e. The van der Waals surface area contributed by atoms with Crippen LogP contribution in [-0.4, -0.2) is 17.8 Å². The van der Waals surface area contributed by atoms with E-state index in [4.69, 9.17) is 16.0 Å². The molecule has 4 nitrogen and oxygen atoms in total. The molecule has 0 amide bonds. The summed E-state index contributed by atoms with van der Waals surface area (Å²) in [4.78, 5) is 12.6. The molecule has 0 aliphatic rings. The van der Waals surface area contributed by atoms with Gasteiger partial charge in [0.1, 0.15) is 11.2 Å². The molecule has 1 atom stereocenters. The van der Waals surface area contributed by atoms with Gasteiger partial charge in [0.15, 0.2) is 0 Å². The molecule has 2 aromatic carbocycles. The number of benzene rings is 2. The minimum atomic E-state index is -0.112. The fraction of sp³-hybridized carbons (Fsp3) is 0.235. The maximum absolute atomic E-state index is 12.6. The topological polar surface area (TPSA) is 62.5 Å². The third-order valence-corrected chi connectivity index (χ3v) is 3.95. The molecule has 1 heterocycles. The molecule has 2 N–H and O–H groups in total. The molecule has 3 aromatic rings. The first kappa shape index (κ1) is 14.9. The SMILES string of the molecule is CC[C@@H](CO)Nc1ccc2oc3ccc(Cl)cc3c(=O)c2c1. The number of fused-ring (bicyclic) bond motifs is 2. The first-order chi connectivity index (χ1) is 10.6. The molecule has 5 heteroatoms. The second kappa shape index (κ2) is 5.99. The maximum atomic E-state index is 12.6. The van der Waals surface area contributed by atoms with Gasteiger partial charge in [0, 0.05) is 16.8 Å². The van der Waals surface area contributed by atoms with Crippen LogP contribution >= 0.6 is 11.6 Å². The summed E-state index contributed by atoms with van der Waals surface area (Å²) in [7, 11) is 0. The van der Waals surface area contributed by atoms with E-state index in [9.17, 15) is 9.90 Å². The van der Waals surface area contributed by atoms with E-state index in [0.29, 0.717) is 27.0 Å². The van der Waals surface area contributed by atoms with Crippen molar-refractivity contribution in [1.29, 1.82) is 0 Å². The lowest BCUT2D eigenvalue weighted by atomic mass is 10.1. The molecule has 0 aliphatic carbocycles. The molecular weight excluding hydrogens is 302 g/mol. The van der Waals surface area contributed by atoms with E-state index in [-0.39, 0.29) is 18.1 Å². The van der Waals surface area contributed by atoms with Gasteiger partial charge in [-0.15, -0.1) is 0 Å². The van der Waals surface area contributed by atoms with E-state index in [1.165, 1.54) is 0 Å². The van der Waals surface area contributed by atoms with Crippen molar-refractivity contribution in [2.24, 2.45) is 0 Å². The van der Waals surface area contributed by atoms with Crippen molar-refractivity contribution in [2.75, 3.05) is 11.9 Å². The molecule has 0 aliphatic heterocycles. The van der Waals surface area contributed by atoms with Crippen molar-refractivity contribution in [1.82, 2.24) is 0 Å². The van der Waals surface area contributed by atoms with Crippen molar-refractivity contribution >= 4 is 39.2 Å². The Balaban J connectivity index is 2.16. The van der Waals surface area contributed by atoms with Gasteiger partial charge in [-0.1, -0.05) is 18.5 Å². The van der Waals surface area contributed by atoms with E-state index in [0.717, 1.165) is 12.1 Å². The van der Waals surface area contributed by atoms with Crippen LogP contribution in [0.1, 0.15) is 13.3 Å². The number of halogens is 1. The van der Waals surface area contributed by atoms with Crippen LogP contribution in [0.15, 0.2) is 45.6 Å².